The van der Waals surface area contributed by atoms with Gasteiger partial charge in [0.05, 0.1) is 12.8 Å². The van der Waals surface area contributed by atoms with Crippen LogP contribution >= 0.6 is 11.3 Å². The van der Waals surface area contributed by atoms with Crippen LogP contribution in [-0.4, -0.2) is 51.8 Å². The number of thiophene rings is 1. The molecule has 0 aromatic carbocycles. The summed E-state index contributed by atoms with van der Waals surface area (Å²) in [7, 11) is 0. The average molecular weight is 368 g/mol. The molecule has 3 atom stereocenters. The fourth-order valence-electron chi connectivity index (χ4n) is 2.79. The first-order valence-corrected chi connectivity index (χ1v) is 8.49. The van der Waals surface area contributed by atoms with Crippen molar-refractivity contribution in [2.45, 2.75) is 44.1 Å². The number of hydrogen-bond donors (Lipinski definition) is 2. The zero-order chi connectivity index (χ0) is 18.2. The number of nitrogens with zero attached hydrogens (tertiary/aromatic N) is 1. The van der Waals surface area contributed by atoms with Gasteiger partial charge in [-0.25, -0.2) is 4.79 Å². The molecule has 2 aliphatic heterocycles. The minimum absolute atomic E-state index is 0.104. The van der Waals surface area contributed by atoms with Gasteiger partial charge in [-0.1, -0.05) is 6.07 Å². The van der Waals surface area contributed by atoms with Crippen molar-refractivity contribution in [1.29, 1.82) is 0 Å². The van der Waals surface area contributed by atoms with E-state index < -0.39 is 35.7 Å². The van der Waals surface area contributed by atoms with Gasteiger partial charge in [-0.05, 0) is 18.4 Å². The van der Waals surface area contributed by atoms with Gasteiger partial charge in [-0.15, -0.1) is 11.3 Å². The first-order chi connectivity index (χ1) is 11.8. The number of ether oxygens (including phenoxy) is 1. The topological polar surface area (TPSA) is 122 Å². The molecule has 2 aliphatic rings. The lowest BCUT2D eigenvalue weighted by atomic mass is 10.1. The number of cyclic esters (lactones) is 1. The lowest BCUT2D eigenvalue weighted by molar-refractivity contribution is -0.266. The van der Waals surface area contributed by atoms with Crippen LogP contribution in [0.5, 0.6) is 0 Å². The van der Waals surface area contributed by atoms with Crippen molar-refractivity contribution in [2.75, 3.05) is 0 Å². The summed E-state index contributed by atoms with van der Waals surface area (Å²) >= 11 is 1.41. The second kappa shape index (κ2) is 6.45. The third-order valence-electron chi connectivity index (χ3n) is 4.05. The summed E-state index contributed by atoms with van der Waals surface area (Å²) in [5.74, 6) is -3.36. The number of aliphatic carboxylic acids is 1. The van der Waals surface area contributed by atoms with Gasteiger partial charge in [0, 0.05) is 11.3 Å². The molecule has 2 fully saturated rings. The number of rotatable bonds is 5. The average Bonchev–Trinajstić information content (AvgIpc) is 3.24. The number of carbonyl (C=O) groups is 4. The van der Waals surface area contributed by atoms with E-state index in [0.717, 1.165) is 4.88 Å². The van der Waals surface area contributed by atoms with Gasteiger partial charge in [0.1, 0.15) is 12.1 Å². The summed E-state index contributed by atoms with van der Waals surface area (Å²) in [6.07, 6.45) is -1.04. The Labute approximate surface area is 146 Å². The standard InChI is InChI=1S/C15H16N2O7S/c1-8-12(16-10(18)7-9-3-2-6-25-9)13(20)17(24-8)15(14(21)22)5-4-11(19)23-15/h2-3,6,8,12H,4-5,7H2,1H3,(H,16,18)(H,21,22)/t8-,12+,15?/m1/s1. The smallest absolute Gasteiger partial charge is 0.372 e. The highest BCUT2D eigenvalue weighted by Gasteiger charge is 2.60. The highest BCUT2D eigenvalue weighted by molar-refractivity contribution is 7.10. The van der Waals surface area contributed by atoms with Crippen LogP contribution in [0.2, 0.25) is 0 Å². The number of esters is 1. The Morgan fingerprint density at radius 3 is 2.80 bits per heavy atom. The molecule has 25 heavy (non-hydrogen) atoms. The summed E-state index contributed by atoms with van der Waals surface area (Å²) in [6.45, 7) is 1.53. The van der Waals surface area contributed by atoms with E-state index in [-0.39, 0.29) is 25.2 Å². The molecule has 0 aliphatic carbocycles. The molecule has 0 bridgehead atoms. The largest absolute Gasteiger partial charge is 0.477 e. The maximum Gasteiger partial charge on any atom is 0.372 e. The van der Waals surface area contributed by atoms with Gasteiger partial charge in [0.15, 0.2) is 0 Å². The van der Waals surface area contributed by atoms with Crippen LogP contribution in [0.1, 0.15) is 24.6 Å². The molecule has 2 N–H and O–H groups in total. The number of amides is 2. The van der Waals surface area contributed by atoms with Crippen LogP contribution in [0.4, 0.5) is 0 Å². The van der Waals surface area contributed by atoms with E-state index in [1.807, 2.05) is 11.4 Å². The van der Waals surface area contributed by atoms with E-state index in [1.54, 1.807) is 6.07 Å². The number of hydrogen-bond acceptors (Lipinski definition) is 7. The maximum absolute atomic E-state index is 12.6. The van der Waals surface area contributed by atoms with Crippen LogP contribution in [0.15, 0.2) is 17.5 Å². The Morgan fingerprint density at radius 2 is 2.24 bits per heavy atom. The van der Waals surface area contributed by atoms with Gasteiger partial charge < -0.3 is 15.2 Å². The molecule has 0 spiro atoms. The summed E-state index contributed by atoms with van der Waals surface area (Å²) in [5, 5.41) is 14.4. The van der Waals surface area contributed by atoms with Gasteiger partial charge in [-0.2, -0.15) is 5.06 Å². The third-order valence-corrected chi connectivity index (χ3v) is 4.93. The monoisotopic (exact) mass is 368 g/mol. The van der Waals surface area contributed by atoms with E-state index in [4.69, 9.17) is 9.57 Å². The molecule has 3 rings (SSSR count). The Balaban J connectivity index is 1.73. The number of carbonyl (C=O) groups excluding carboxylic acids is 3. The molecular weight excluding hydrogens is 352 g/mol. The molecule has 1 unspecified atom stereocenters. The molecule has 3 heterocycles. The van der Waals surface area contributed by atoms with E-state index in [0.29, 0.717) is 5.06 Å². The maximum atomic E-state index is 12.6. The predicted octanol–water partition coefficient (Wildman–Crippen LogP) is 0.0556. The van der Waals surface area contributed by atoms with Crippen molar-refractivity contribution in [3.8, 4) is 0 Å². The van der Waals surface area contributed by atoms with Crippen molar-refractivity contribution in [3.63, 3.8) is 0 Å². The normalized spacial score (nSPS) is 28.9. The van der Waals surface area contributed by atoms with Crippen molar-refractivity contribution in [2.24, 2.45) is 0 Å². The van der Waals surface area contributed by atoms with Gasteiger partial charge in [-0.3, -0.25) is 19.2 Å². The molecule has 0 radical (unpaired) electrons. The van der Waals surface area contributed by atoms with Crippen LogP contribution in [0, 0.1) is 0 Å². The summed E-state index contributed by atoms with van der Waals surface area (Å²) in [5.41, 5.74) is -2.18. The minimum Gasteiger partial charge on any atom is -0.477 e. The van der Waals surface area contributed by atoms with Crippen LogP contribution < -0.4 is 5.32 Å². The van der Waals surface area contributed by atoms with Crippen LogP contribution in [-0.2, 0) is 35.2 Å². The van der Waals surface area contributed by atoms with Gasteiger partial charge in [0.2, 0.25) is 5.91 Å². The lowest BCUT2D eigenvalue weighted by Gasteiger charge is -2.30. The zero-order valence-electron chi connectivity index (χ0n) is 13.3. The quantitative estimate of drug-likeness (QED) is 0.705. The molecule has 0 saturated carbocycles. The van der Waals surface area contributed by atoms with Gasteiger partial charge in [0.25, 0.3) is 5.91 Å². The van der Waals surface area contributed by atoms with E-state index in [9.17, 15) is 24.3 Å². The van der Waals surface area contributed by atoms with Crippen LogP contribution in [0.3, 0.4) is 0 Å². The lowest BCUT2D eigenvalue weighted by Crippen LogP contribution is -2.56. The highest BCUT2D eigenvalue weighted by Crippen LogP contribution is 2.35. The minimum atomic E-state index is -2.18. The molecule has 10 heteroatoms. The molecule has 2 saturated heterocycles. The molecular formula is C15H16N2O7S. The number of carboxylic acid groups (broad SMARTS) is 1. The number of carboxylic acids is 1. The Bertz CT molecular complexity index is 719. The highest BCUT2D eigenvalue weighted by atomic mass is 32.1. The van der Waals surface area contributed by atoms with Crippen molar-refractivity contribution >= 4 is 35.1 Å². The van der Waals surface area contributed by atoms with E-state index in [1.165, 1.54) is 18.3 Å². The Kier molecular flexibility index (Phi) is 4.48. The summed E-state index contributed by atoms with van der Waals surface area (Å²) in [4.78, 5) is 53.9. The number of nitrogens with one attached hydrogen (secondary N) is 1. The van der Waals surface area contributed by atoms with Crippen molar-refractivity contribution in [3.05, 3.63) is 22.4 Å². The second-order valence-electron chi connectivity index (χ2n) is 5.81. The fraction of sp³-hybridized carbons (Fsp3) is 0.467. The zero-order valence-corrected chi connectivity index (χ0v) is 14.1. The van der Waals surface area contributed by atoms with E-state index in [2.05, 4.69) is 5.32 Å². The second-order valence-corrected chi connectivity index (χ2v) is 6.84. The molecule has 2 amide bonds. The molecule has 134 valence electrons. The van der Waals surface area contributed by atoms with Crippen molar-refractivity contribution in [1.82, 2.24) is 10.4 Å². The SMILES string of the molecule is C[C@H]1ON(C2(C(=O)O)CCC(=O)O2)C(=O)[C@H]1NC(=O)Cc1cccs1. The number of hydroxylamine groups is 2. The first kappa shape index (κ1) is 17.4. The summed E-state index contributed by atoms with van der Waals surface area (Å²) < 4.78 is 4.88. The van der Waals surface area contributed by atoms with Crippen molar-refractivity contribution < 1.29 is 33.9 Å². The first-order valence-electron chi connectivity index (χ1n) is 7.61. The van der Waals surface area contributed by atoms with Gasteiger partial charge >= 0.3 is 17.7 Å². The predicted molar refractivity (Wildman–Crippen MR) is 83.0 cm³/mol. The fourth-order valence-corrected chi connectivity index (χ4v) is 3.49. The Hall–Kier alpha value is -2.46. The Morgan fingerprint density at radius 1 is 1.48 bits per heavy atom. The molecule has 9 nitrogen and oxygen atoms in total. The van der Waals surface area contributed by atoms with E-state index >= 15 is 0 Å². The summed E-state index contributed by atoms with van der Waals surface area (Å²) in [6, 6.07) is 2.56. The third kappa shape index (κ3) is 3.10. The molecule has 1 aromatic rings. The molecule has 1 aromatic heterocycles. The van der Waals surface area contributed by atoms with Crippen LogP contribution in [0.25, 0.3) is 0 Å².